The lowest BCUT2D eigenvalue weighted by Crippen LogP contribution is -2.51. The van der Waals surface area contributed by atoms with Crippen molar-refractivity contribution < 1.29 is 23.1 Å². The first kappa shape index (κ1) is 17.3. The molecule has 1 N–H and O–H groups in total. The molecule has 1 aromatic rings. The normalized spacial score (nSPS) is 24.1. The summed E-state index contributed by atoms with van der Waals surface area (Å²) in [6, 6.07) is 0. The first-order valence-electron chi connectivity index (χ1n) is 7.93. The van der Waals surface area contributed by atoms with E-state index in [1.165, 1.54) is 19.5 Å². The molecule has 0 bridgehead atoms. The zero-order chi connectivity index (χ0) is 17.2. The van der Waals surface area contributed by atoms with Crippen LogP contribution in [0.1, 0.15) is 23.3 Å². The molecule has 0 unspecified atom stereocenters. The molecule has 0 spiro atoms. The highest BCUT2D eigenvalue weighted by Gasteiger charge is 2.34. The van der Waals surface area contributed by atoms with Crippen LogP contribution in [0.3, 0.4) is 0 Å². The van der Waals surface area contributed by atoms with Crippen molar-refractivity contribution in [1.29, 1.82) is 0 Å². The maximum absolute atomic E-state index is 12.7. The van der Waals surface area contributed by atoms with Gasteiger partial charge in [-0.15, -0.1) is 5.10 Å². The van der Waals surface area contributed by atoms with Crippen molar-refractivity contribution in [3.63, 3.8) is 0 Å². The van der Waals surface area contributed by atoms with E-state index in [0.717, 1.165) is 12.8 Å². The number of piperidine rings is 1. The van der Waals surface area contributed by atoms with E-state index in [2.05, 4.69) is 10.3 Å². The van der Waals surface area contributed by atoms with Crippen LogP contribution in [0.5, 0.6) is 0 Å². The minimum Gasteiger partial charge on any atom is -0.476 e. The zero-order valence-corrected chi connectivity index (χ0v) is 14.1. The Morgan fingerprint density at radius 1 is 1.29 bits per heavy atom. The van der Waals surface area contributed by atoms with E-state index >= 15 is 0 Å². The van der Waals surface area contributed by atoms with Crippen LogP contribution in [0, 0.1) is 5.92 Å². The quantitative estimate of drug-likeness (QED) is 0.736. The fraction of sp³-hybridized carbons (Fsp3) is 0.769. The maximum atomic E-state index is 12.7. The van der Waals surface area contributed by atoms with E-state index < -0.39 is 16.2 Å². The van der Waals surface area contributed by atoms with Gasteiger partial charge in [0.1, 0.15) is 0 Å². The summed E-state index contributed by atoms with van der Waals surface area (Å²) in [6.45, 7) is 2.98. The molecule has 24 heavy (non-hydrogen) atoms. The van der Waals surface area contributed by atoms with Crippen LogP contribution in [0.2, 0.25) is 0 Å². The minimum absolute atomic E-state index is 0.0814. The van der Waals surface area contributed by atoms with Gasteiger partial charge in [-0.25, -0.2) is 4.79 Å². The summed E-state index contributed by atoms with van der Waals surface area (Å²) in [7, 11) is -3.47. The van der Waals surface area contributed by atoms with Gasteiger partial charge in [-0.2, -0.15) is 17.0 Å². The van der Waals surface area contributed by atoms with Gasteiger partial charge in [-0.05, 0) is 18.8 Å². The van der Waals surface area contributed by atoms with E-state index in [4.69, 9.17) is 9.84 Å². The van der Waals surface area contributed by atoms with Crippen molar-refractivity contribution in [1.82, 2.24) is 23.6 Å². The van der Waals surface area contributed by atoms with E-state index in [-0.39, 0.29) is 11.6 Å². The number of morpholine rings is 1. The molecule has 0 saturated carbocycles. The van der Waals surface area contributed by atoms with Crippen molar-refractivity contribution in [2.24, 2.45) is 5.92 Å². The average molecular weight is 359 g/mol. The molecule has 0 aromatic carbocycles. The van der Waals surface area contributed by atoms with Crippen molar-refractivity contribution in [2.45, 2.75) is 19.4 Å². The second-order valence-corrected chi connectivity index (χ2v) is 7.94. The number of hydrogen-bond donors (Lipinski definition) is 1. The molecule has 3 heterocycles. The second-order valence-electron chi connectivity index (χ2n) is 6.02. The Morgan fingerprint density at radius 3 is 2.71 bits per heavy atom. The third kappa shape index (κ3) is 3.74. The lowest BCUT2D eigenvalue weighted by molar-refractivity contribution is 0.0688. The van der Waals surface area contributed by atoms with Crippen molar-refractivity contribution in [3.05, 3.63) is 11.9 Å². The lowest BCUT2D eigenvalue weighted by atomic mass is 10.00. The Morgan fingerprint density at radius 2 is 2.04 bits per heavy atom. The highest BCUT2D eigenvalue weighted by Crippen LogP contribution is 2.22. The molecule has 2 aliphatic heterocycles. The predicted molar refractivity (Wildman–Crippen MR) is 82.6 cm³/mol. The zero-order valence-electron chi connectivity index (χ0n) is 13.2. The first-order chi connectivity index (χ1) is 11.5. The summed E-state index contributed by atoms with van der Waals surface area (Å²) < 4.78 is 35.1. The first-order valence-corrected chi connectivity index (χ1v) is 9.33. The molecule has 2 saturated heterocycles. The number of nitrogens with zero attached hydrogens (tertiary/aromatic N) is 5. The number of rotatable bonds is 5. The topological polar surface area (TPSA) is 118 Å². The van der Waals surface area contributed by atoms with Gasteiger partial charge in [0.15, 0.2) is 5.69 Å². The van der Waals surface area contributed by atoms with Gasteiger partial charge in [-0.3, -0.25) is 4.68 Å². The highest BCUT2D eigenvalue weighted by atomic mass is 32.2. The number of aromatic carboxylic acids is 1. The third-order valence-electron chi connectivity index (χ3n) is 4.31. The van der Waals surface area contributed by atoms with Gasteiger partial charge < -0.3 is 9.84 Å². The van der Waals surface area contributed by atoms with Gasteiger partial charge in [0.2, 0.25) is 0 Å². The molecule has 2 fully saturated rings. The Labute approximate surface area is 140 Å². The Bertz CT molecular complexity index is 685. The van der Waals surface area contributed by atoms with E-state index in [1.807, 2.05) is 0 Å². The molecule has 10 nitrogen and oxygen atoms in total. The molecule has 1 atom stereocenters. The summed E-state index contributed by atoms with van der Waals surface area (Å²) in [6.07, 6.45) is 3.02. The van der Waals surface area contributed by atoms with Crippen molar-refractivity contribution in [2.75, 3.05) is 39.4 Å². The molecule has 134 valence electrons. The summed E-state index contributed by atoms with van der Waals surface area (Å²) in [5, 5.41) is 16.3. The van der Waals surface area contributed by atoms with Gasteiger partial charge in [0.25, 0.3) is 10.2 Å². The maximum Gasteiger partial charge on any atom is 0.358 e. The highest BCUT2D eigenvalue weighted by molar-refractivity contribution is 7.86. The molecule has 0 amide bonds. The van der Waals surface area contributed by atoms with Crippen molar-refractivity contribution >= 4 is 16.2 Å². The van der Waals surface area contributed by atoms with E-state index in [1.54, 1.807) is 0 Å². The van der Waals surface area contributed by atoms with E-state index in [0.29, 0.717) is 45.9 Å². The van der Waals surface area contributed by atoms with Crippen LogP contribution in [0.4, 0.5) is 0 Å². The molecular weight excluding hydrogens is 338 g/mol. The van der Waals surface area contributed by atoms with Gasteiger partial charge in [-0.1, -0.05) is 5.21 Å². The molecule has 0 radical (unpaired) electrons. The number of carbonyl (C=O) groups is 1. The monoisotopic (exact) mass is 359 g/mol. The Balaban J connectivity index is 1.64. The SMILES string of the molecule is O=C(O)c1cn(C[C@@H]2CCCN(S(=O)(=O)N3CCOCC3)C2)nn1. The van der Waals surface area contributed by atoms with Crippen LogP contribution < -0.4 is 0 Å². The lowest BCUT2D eigenvalue weighted by Gasteiger charge is -2.36. The third-order valence-corrected chi connectivity index (χ3v) is 6.31. The summed E-state index contributed by atoms with van der Waals surface area (Å²) >= 11 is 0. The van der Waals surface area contributed by atoms with Crippen molar-refractivity contribution in [3.8, 4) is 0 Å². The van der Waals surface area contributed by atoms with Crippen LogP contribution in [-0.2, 0) is 21.5 Å². The Hall–Kier alpha value is -1.56. The number of carboxylic acid groups (broad SMARTS) is 1. The van der Waals surface area contributed by atoms with E-state index in [9.17, 15) is 13.2 Å². The summed E-state index contributed by atoms with van der Waals surface area (Å²) in [4.78, 5) is 10.8. The number of aromatic nitrogens is 3. The Kier molecular flexibility index (Phi) is 5.13. The molecule has 1 aromatic heterocycles. The largest absolute Gasteiger partial charge is 0.476 e. The van der Waals surface area contributed by atoms with Crippen LogP contribution in [0.15, 0.2) is 6.20 Å². The fourth-order valence-corrected chi connectivity index (χ4v) is 4.77. The standard InChI is InChI=1S/C13H21N5O5S/c19-13(20)12-10-16(15-14-12)8-11-2-1-3-18(9-11)24(21,22)17-4-6-23-7-5-17/h10-11H,1-9H2,(H,19,20)/t11-/m0/s1. The molecule has 2 aliphatic rings. The molecule has 11 heteroatoms. The minimum atomic E-state index is -3.47. The van der Waals surface area contributed by atoms with Crippen LogP contribution >= 0.6 is 0 Å². The number of hydrogen-bond acceptors (Lipinski definition) is 6. The average Bonchev–Trinajstić information content (AvgIpc) is 3.05. The van der Waals surface area contributed by atoms with Gasteiger partial charge >= 0.3 is 5.97 Å². The van der Waals surface area contributed by atoms with Gasteiger partial charge in [0, 0.05) is 32.7 Å². The number of carboxylic acids is 1. The number of ether oxygens (including phenoxy) is 1. The summed E-state index contributed by atoms with van der Waals surface area (Å²) in [5.41, 5.74) is -0.108. The van der Waals surface area contributed by atoms with Crippen LogP contribution in [0.25, 0.3) is 0 Å². The predicted octanol–water partition coefficient (Wildman–Crippen LogP) is -0.735. The smallest absolute Gasteiger partial charge is 0.358 e. The molecule has 0 aliphatic carbocycles. The van der Waals surface area contributed by atoms with Gasteiger partial charge in [0.05, 0.1) is 19.4 Å². The fourth-order valence-electron chi connectivity index (χ4n) is 3.08. The molecule has 3 rings (SSSR count). The second kappa shape index (κ2) is 7.13. The van der Waals surface area contributed by atoms with Crippen LogP contribution in [-0.4, -0.2) is 82.5 Å². The summed E-state index contributed by atoms with van der Waals surface area (Å²) in [5.74, 6) is -1.04. The molecular formula is C13H21N5O5S.